The normalized spacial score (nSPS) is 26.9. The summed E-state index contributed by atoms with van der Waals surface area (Å²) < 4.78 is 0. The van der Waals surface area contributed by atoms with Crippen LogP contribution in [0.15, 0.2) is 12.4 Å². The minimum absolute atomic E-state index is 0.286. The summed E-state index contributed by atoms with van der Waals surface area (Å²) >= 11 is 5.82. The van der Waals surface area contributed by atoms with E-state index in [4.69, 9.17) is 11.6 Å². The average molecular weight is 216 g/mol. The van der Waals surface area contributed by atoms with E-state index in [1.165, 1.54) is 12.4 Å². The first kappa shape index (κ1) is 9.64. The fraction of sp³-hybridized carbons (Fsp3) is 0.500. The molecule has 1 aromatic heterocycles. The molecule has 5 nitrogen and oxygen atoms in total. The Morgan fingerprint density at radius 1 is 1.21 bits per heavy atom. The van der Waals surface area contributed by atoms with Gasteiger partial charge in [-0.3, -0.25) is 0 Å². The molecule has 1 saturated heterocycles. The number of hydrogen-bond donors (Lipinski definition) is 2. The maximum Gasteiger partial charge on any atom is 0.171 e. The highest BCUT2D eigenvalue weighted by Crippen LogP contribution is 2.23. The summed E-state index contributed by atoms with van der Waals surface area (Å²) in [6, 6.07) is 0. The van der Waals surface area contributed by atoms with Crippen molar-refractivity contribution in [2.75, 3.05) is 18.0 Å². The molecule has 0 amide bonds. The number of aliphatic hydroxyl groups excluding tert-OH is 2. The molecule has 0 spiro atoms. The van der Waals surface area contributed by atoms with Crippen molar-refractivity contribution in [1.82, 2.24) is 9.97 Å². The van der Waals surface area contributed by atoms with Gasteiger partial charge in [0.15, 0.2) is 11.0 Å². The van der Waals surface area contributed by atoms with Gasteiger partial charge < -0.3 is 15.1 Å². The van der Waals surface area contributed by atoms with Crippen LogP contribution in [0.4, 0.5) is 5.82 Å². The van der Waals surface area contributed by atoms with Crippen LogP contribution >= 0.6 is 11.6 Å². The molecule has 76 valence electrons. The van der Waals surface area contributed by atoms with E-state index in [1.54, 1.807) is 4.90 Å². The second-order valence-corrected chi connectivity index (χ2v) is 3.57. The number of aromatic nitrogens is 2. The molecule has 2 rings (SSSR count). The summed E-state index contributed by atoms with van der Waals surface area (Å²) in [6.45, 7) is 0.666. The molecule has 2 unspecified atom stereocenters. The Morgan fingerprint density at radius 3 is 2.36 bits per heavy atom. The van der Waals surface area contributed by atoms with Gasteiger partial charge in [0.05, 0.1) is 12.2 Å². The quantitative estimate of drug-likeness (QED) is 0.672. The van der Waals surface area contributed by atoms with Gasteiger partial charge in [0.2, 0.25) is 0 Å². The standard InChI is InChI=1S/C8H10ClN3O2/c9-7-8(11-2-1-10-7)12-3-5(13)6(14)4-12/h1-2,5-6,13-14H,3-4H2. The monoisotopic (exact) mass is 215 g/mol. The minimum atomic E-state index is -0.743. The zero-order chi connectivity index (χ0) is 10.1. The summed E-state index contributed by atoms with van der Waals surface area (Å²) in [5, 5.41) is 19.0. The molecular weight excluding hydrogens is 206 g/mol. The van der Waals surface area contributed by atoms with E-state index in [0.29, 0.717) is 18.9 Å². The summed E-state index contributed by atoms with van der Waals surface area (Å²) in [4.78, 5) is 9.62. The second-order valence-electron chi connectivity index (χ2n) is 3.21. The van der Waals surface area contributed by atoms with Crippen LogP contribution in [-0.2, 0) is 0 Å². The molecule has 0 radical (unpaired) electrons. The Bertz CT molecular complexity index is 326. The van der Waals surface area contributed by atoms with Gasteiger partial charge >= 0.3 is 0 Å². The van der Waals surface area contributed by atoms with E-state index in [9.17, 15) is 10.2 Å². The molecule has 2 N–H and O–H groups in total. The van der Waals surface area contributed by atoms with Crippen molar-refractivity contribution < 1.29 is 10.2 Å². The lowest BCUT2D eigenvalue weighted by atomic mass is 10.3. The molecule has 0 aromatic carbocycles. The maximum atomic E-state index is 9.34. The van der Waals surface area contributed by atoms with Gasteiger partial charge in [-0.15, -0.1) is 0 Å². The van der Waals surface area contributed by atoms with Gasteiger partial charge in [-0.25, -0.2) is 9.97 Å². The van der Waals surface area contributed by atoms with E-state index in [1.807, 2.05) is 0 Å². The van der Waals surface area contributed by atoms with E-state index >= 15 is 0 Å². The summed E-state index contributed by atoms with van der Waals surface area (Å²) in [5.41, 5.74) is 0. The number of anilines is 1. The highest BCUT2D eigenvalue weighted by atomic mass is 35.5. The first-order valence-electron chi connectivity index (χ1n) is 4.26. The van der Waals surface area contributed by atoms with Crippen molar-refractivity contribution in [3.63, 3.8) is 0 Å². The van der Waals surface area contributed by atoms with Crippen LogP contribution < -0.4 is 4.90 Å². The summed E-state index contributed by atoms with van der Waals surface area (Å²) in [5.74, 6) is 0.504. The Labute approximate surface area is 86.0 Å². The molecule has 14 heavy (non-hydrogen) atoms. The number of rotatable bonds is 1. The third-order valence-electron chi connectivity index (χ3n) is 2.19. The van der Waals surface area contributed by atoms with Crippen LogP contribution in [-0.4, -0.2) is 45.5 Å². The van der Waals surface area contributed by atoms with Crippen molar-refractivity contribution in [3.05, 3.63) is 17.5 Å². The third kappa shape index (κ3) is 1.66. The van der Waals surface area contributed by atoms with Crippen LogP contribution in [0, 0.1) is 0 Å². The highest BCUT2D eigenvalue weighted by Gasteiger charge is 2.31. The lowest BCUT2D eigenvalue weighted by Gasteiger charge is -2.16. The highest BCUT2D eigenvalue weighted by molar-refractivity contribution is 6.31. The van der Waals surface area contributed by atoms with E-state index in [-0.39, 0.29) is 5.15 Å². The number of aliphatic hydroxyl groups is 2. The van der Waals surface area contributed by atoms with Crippen LogP contribution in [0.25, 0.3) is 0 Å². The third-order valence-corrected chi connectivity index (χ3v) is 2.46. The molecule has 1 fully saturated rings. The Hall–Kier alpha value is -0.910. The SMILES string of the molecule is OC1CN(c2nccnc2Cl)CC1O. The van der Waals surface area contributed by atoms with Gasteiger partial charge in [-0.2, -0.15) is 0 Å². The molecule has 1 aromatic rings. The van der Waals surface area contributed by atoms with Gasteiger partial charge in [0.25, 0.3) is 0 Å². The van der Waals surface area contributed by atoms with Gasteiger partial charge in [0, 0.05) is 25.5 Å². The van der Waals surface area contributed by atoms with Crippen LogP contribution in [0.1, 0.15) is 0 Å². The van der Waals surface area contributed by atoms with Crippen molar-refractivity contribution in [3.8, 4) is 0 Å². The van der Waals surface area contributed by atoms with Crippen LogP contribution in [0.3, 0.4) is 0 Å². The number of hydrogen-bond acceptors (Lipinski definition) is 5. The molecule has 1 aliphatic rings. The molecule has 2 heterocycles. The maximum absolute atomic E-state index is 9.34. The van der Waals surface area contributed by atoms with E-state index in [2.05, 4.69) is 9.97 Å². The Balaban J connectivity index is 2.21. The lowest BCUT2D eigenvalue weighted by Crippen LogP contribution is -2.22. The topological polar surface area (TPSA) is 69.5 Å². The largest absolute Gasteiger partial charge is 0.389 e. The zero-order valence-electron chi connectivity index (χ0n) is 7.34. The average Bonchev–Trinajstić information content (AvgIpc) is 2.48. The number of β-amino-alcohol motifs (C(OH)–C–C–N with tert-alkyl or cyclic N) is 2. The summed E-state index contributed by atoms with van der Waals surface area (Å²) in [7, 11) is 0. The number of nitrogens with zero attached hydrogens (tertiary/aromatic N) is 3. The van der Waals surface area contributed by atoms with E-state index < -0.39 is 12.2 Å². The second kappa shape index (κ2) is 3.68. The van der Waals surface area contributed by atoms with Crippen molar-refractivity contribution in [1.29, 1.82) is 0 Å². The summed E-state index contributed by atoms with van der Waals surface area (Å²) in [6.07, 6.45) is 1.54. The van der Waals surface area contributed by atoms with Gasteiger partial charge in [-0.05, 0) is 0 Å². The zero-order valence-corrected chi connectivity index (χ0v) is 8.09. The first-order valence-corrected chi connectivity index (χ1v) is 4.64. The molecular formula is C8H10ClN3O2. The first-order chi connectivity index (χ1) is 6.68. The molecule has 0 bridgehead atoms. The van der Waals surface area contributed by atoms with E-state index in [0.717, 1.165) is 0 Å². The van der Waals surface area contributed by atoms with Crippen molar-refractivity contribution in [2.45, 2.75) is 12.2 Å². The smallest absolute Gasteiger partial charge is 0.171 e. The molecule has 6 heteroatoms. The van der Waals surface area contributed by atoms with Crippen molar-refractivity contribution >= 4 is 17.4 Å². The van der Waals surface area contributed by atoms with Gasteiger partial charge in [0.1, 0.15) is 0 Å². The minimum Gasteiger partial charge on any atom is -0.389 e. The fourth-order valence-corrected chi connectivity index (χ4v) is 1.69. The fourth-order valence-electron chi connectivity index (χ4n) is 1.47. The molecule has 0 saturated carbocycles. The number of halogens is 1. The van der Waals surface area contributed by atoms with Crippen LogP contribution in [0.2, 0.25) is 5.15 Å². The Morgan fingerprint density at radius 2 is 1.79 bits per heavy atom. The predicted molar refractivity (Wildman–Crippen MR) is 51.3 cm³/mol. The lowest BCUT2D eigenvalue weighted by molar-refractivity contribution is 0.0572. The predicted octanol–water partition coefficient (Wildman–Crippen LogP) is -0.328. The Kier molecular flexibility index (Phi) is 2.54. The molecule has 2 atom stereocenters. The van der Waals surface area contributed by atoms with Crippen molar-refractivity contribution in [2.24, 2.45) is 0 Å². The molecule has 1 aliphatic heterocycles. The van der Waals surface area contributed by atoms with Crippen LogP contribution in [0.5, 0.6) is 0 Å². The van der Waals surface area contributed by atoms with Gasteiger partial charge in [-0.1, -0.05) is 11.6 Å². The molecule has 0 aliphatic carbocycles.